The molecule has 6 heteroatoms. The van der Waals surface area contributed by atoms with Gasteiger partial charge in [0, 0.05) is 36.1 Å². The van der Waals surface area contributed by atoms with E-state index in [0.717, 1.165) is 11.8 Å². The number of amides is 1. The summed E-state index contributed by atoms with van der Waals surface area (Å²) in [5.74, 6) is -0.487. The van der Waals surface area contributed by atoms with E-state index in [-0.39, 0.29) is 17.9 Å². The predicted molar refractivity (Wildman–Crippen MR) is 114 cm³/mol. The van der Waals surface area contributed by atoms with Gasteiger partial charge in [-0.2, -0.15) is 0 Å². The monoisotopic (exact) mass is 414 g/mol. The Morgan fingerprint density at radius 3 is 2.38 bits per heavy atom. The van der Waals surface area contributed by atoms with Gasteiger partial charge >= 0.3 is 0 Å². The fraction of sp³-hybridized carbons (Fsp3) is 0.391. The van der Waals surface area contributed by atoms with Crippen molar-refractivity contribution >= 4 is 23.8 Å². The molecule has 2 aromatic rings. The van der Waals surface area contributed by atoms with Gasteiger partial charge in [0.05, 0.1) is 11.6 Å². The zero-order valence-corrected chi connectivity index (χ0v) is 17.3. The molecule has 2 N–H and O–H groups in total. The largest absolute Gasteiger partial charge is 0.385 e. The van der Waals surface area contributed by atoms with Gasteiger partial charge in [0.25, 0.3) is 5.91 Å². The SMILES string of the molecule is CC(C=O)C(CN1CCC(O)(c2ccc(Cl)cc2)CC1)NC(=O)c1ccccc1. The summed E-state index contributed by atoms with van der Waals surface area (Å²) in [6.45, 7) is 3.75. The van der Waals surface area contributed by atoms with E-state index >= 15 is 0 Å². The van der Waals surface area contributed by atoms with Crippen molar-refractivity contribution in [2.75, 3.05) is 19.6 Å². The van der Waals surface area contributed by atoms with Gasteiger partial charge in [0.2, 0.25) is 0 Å². The summed E-state index contributed by atoms with van der Waals surface area (Å²) >= 11 is 5.95. The number of nitrogens with zero attached hydrogens (tertiary/aromatic N) is 1. The van der Waals surface area contributed by atoms with Gasteiger partial charge < -0.3 is 20.1 Å². The number of carbonyl (C=O) groups is 2. The highest BCUT2D eigenvalue weighted by atomic mass is 35.5. The smallest absolute Gasteiger partial charge is 0.251 e. The zero-order chi connectivity index (χ0) is 20.9. The number of hydrogen-bond acceptors (Lipinski definition) is 4. The van der Waals surface area contributed by atoms with Crippen LogP contribution in [-0.4, -0.2) is 47.9 Å². The van der Waals surface area contributed by atoms with Gasteiger partial charge in [0.15, 0.2) is 0 Å². The third-order valence-electron chi connectivity index (χ3n) is 5.72. The molecule has 1 fully saturated rings. The quantitative estimate of drug-likeness (QED) is 0.682. The lowest BCUT2D eigenvalue weighted by atomic mass is 9.84. The van der Waals surface area contributed by atoms with Crippen molar-refractivity contribution in [3.8, 4) is 0 Å². The number of halogens is 1. The van der Waals surface area contributed by atoms with Gasteiger partial charge in [-0.05, 0) is 42.7 Å². The number of likely N-dealkylation sites (tertiary alicyclic amines) is 1. The Labute approximate surface area is 176 Å². The molecule has 29 heavy (non-hydrogen) atoms. The molecular weight excluding hydrogens is 388 g/mol. The number of carbonyl (C=O) groups excluding carboxylic acids is 2. The van der Waals surface area contributed by atoms with Crippen molar-refractivity contribution < 1.29 is 14.7 Å². The van der Waals surface area contributed by atoms with Crippen molar-refractivity contribution in [2.45, 2.75) is 31.4 Å². The van der Waals surface area contributed by atoms with Gasteiger partial charge in [-0.15, -0.1) is 0 Å². The molecule has 0 aliphatic carbocycles. The summed E-state index contributed by atoms with van der Waals surface area (Å²) in [5.41, 5.74) is 0.572. The van der Waals surface area contributed by atoms with E-state index in [9.17, 15) is 14.7 Å². The van der Waals surface area contributed by atoms with Crippen LogP contribution in [0.2, 0.25) is 5.02 Å². The molecule has 1 amide bonds. The lowest BCUT2D eigenvalue weighted by Crippen LogP contribution is -2.51. The van der Waals surface area contributed by atoms with E-state index in [1.807, 2.05) is 37.3 Å². The zero-order valence-electron chi connectivity index (χ0n) is 16.6. The number of aldehydes is 1. The number of benzene rings is 2. The van der Waals surface area contributed by atoms with Gasteiger partial charge in [-0.25, -0.2) is 0 Å². The summed E-state index contributed by atoms with van der Waals surface area (Å²) in [5, 5.41) is 14.7. The Morgan fingerprint density at radius 1 is 1.17 bits per heavy atom. The van der Waals surface area contributed by atoms with Crippen LogP contribution in [0.5, 0.6) is 0 Å². The topological polar surface area (TPSA) is 69.6 Å². The van der Waals surface area contributed by atoms with Crippen LogP contribution in [0.15, 0.2) is 54.6 Å². The number of hydrogen-bond donors (Lipinski definition) is 2. The summed E-state index contributed by atoms with van der Waals surface area (Å²) in [6.07, 6.45) is 2.05. The van der Waals surface area contributed by atoms with E-state index in [1.165, 1.54) is 0 Å². The molecule has 3 rings (SSSR count). The Bertz CT molecular complexity index is 818. The van der Waals surface area contributed by atoms with Gasteiger partial charge in [-0.3, -0.25) is 4.79 Å². The molecule has 2 aromatic carbocycles. The molecule has 0 aromatic heterocycles. The number of piperidine rings is 1. The minimum Gasteiger partial charge on any atom is -0.385 e. The van der Waals surface area contributed by atoms with Crippen molar-refractivity contribution in [2.24, 2.45) is 5.92 Å². The van der Waals surface area contributed by atoms with Crippen LogP contribution in [-0.2, 0) is 10.4 Å². The van der Waals surface area contributed by atoms with Crippen LogP contribution >= 0.6 is 11.6 Å². The molecule has 154 valence electrons. The molecule has 2 unspecified atom stereocenters. The Kier molecular flexibility index (Phi) is 7.06. The van der Waals surface area contributed by atoms with E-state index in [0.29, 0.717) is 43.1 Å². The summed E-state index contributed by atoms with van der Waals surface area (Å²) in [7, 11) is 0. The average Bonchev–Trinajstić information content (AvgIpc) is 2.75. The first-order chi connectivity index (χ1) is 13.9. The van der Waals surface area contributed by atoms with E-state index in [4.69, 9.17) is 11.6 Å². The minimum atomic E-state index is -0.875. The molecule has 1 heterocycles. The van der Waals surface area contributed by atoms with Gasteiger partial charge in [0.1, 0.15) is 6.29 Å². The van der Waals surface area contributed by atoms with Crippen molar-refractivity contribution in [3.05, 3.63) is 70.7 Å². The molecule has 0 bridgehead atoms. The van der Waals surface area contributed by atoms with E-state index in [1.54, 1.807) is 24.3 Å². The van der Waals surface area contributed by atoms with Gasteiger partial charge in [-0.1, -0.05) is 48.9 Å². The Balaban J connectivity index is 1.61. The van der Waals surface area contributed by atoms with Crippen LogP contribution < -0.4 is 5.32 Å². The summed E-state index contributed by atoms with van der Waals surface area (Å²) in [4.78, 5) is 26.1. The van der Waals surface area contributed by atoms with Crippen molar-refractivity contribution in [3.63, 3.8) is 0 Å². The maximum Gasteiger partial charge on any atom is 0.251 e. The van der Waals surface area contributed by atoms with E-state index in [2.05, 4.69) is 10.2 Å². The minimum absolute atomic E-state index is 0.182. The summed E-state index contributed by atoms with van der Waals surface area (Å²) in [6, 6.07) is 16.0. The van der Waals surface area contributed by atoms with Crippen molar-refractivity contribution in [1.29, 1.82) is 0 Å². The highest BCUT2D eigenvalue weighted by molar-refractivity contribution is 6.30. The third-order valence-corrected chi connectivity index (χ3v) is 5.97. The second-order valence-electron chi connectivity index (χ2n) is 7.78. The predicted octanol–water partition coefficient (Wildman–Crippen LogP) is 3.26. The molecule has 0 radical (unpaired) electrons. The van der Waals surface area contributed by atoms with Crippen LogP contribution in [0, 0.1) is 5.92 Å². The number of rotatable bonds is 7. The standard InChI is InChI=1S/C23H27ClN2O3/c1-17(16-27)21(25-22(28)18-5-3-2-4-6-18)15-26-13-11-23(29,12-14-26)19-7-9-20(24)10-8-19/h2-10,16-17,21,29H,11-15H2,1H3,(H,25,28). The lowest BCUT2D eigenvalue weighted by molar-refractivity contribution is -0.111. The Morgan fingerprint density at radius 2 is 1.79 bits per heavy atom. The lowest BCUT2D eigenvalue weighted by Gasteiger charge is -2.40. The normalized spacial score (nSPS) is 18.6. The fourth-order valence-corrected chi connectivity index (χ4v) is 3.84. The second kappa shape index (κ2) is 9.53. The molecule has 2 atom stereocenters. The molecular formula is C23H27ClN2O3. The second-order valence-corrected chi connectivity index (χ2v) is 8.22. The van der Waals surface area contributed by atoms with Crippen molar-refractivity contribution in [1.82, 2.24) is 10.2 Å². The first-order valence-electron chi connectivity index (χ1n) is 9.93. The first kappa shape index (κ1) is 21.5. The molecule has 5 nitrogen and oxygen atoms in total. The fourth-order valence-electron chi connectivity index (χ4n) is 3.71. The summed E-state index contributed by atoms with van der Waals surface area (Å²) < 4.78 is 0. The van der Waals surface area contributed by atoms with Crippen LogP contribution in [0.3, 0.4) is 0 Å². The molecule has 1 aliphatic rings. The molecule has 1 saturated heterocycles. The van der Waals surface area contributed by atoms with Crippen LogP contribution in [0.25, 0.3) is 0 Å². The van der Waals surface area contributed by atoms with Crippen LogP contribution in [0.4, 0.5) is 0 Å². The Hall–Kier alpha value is -2.21. The maximum atomic E-state index is 12.5. The number of aliphatic hydroxyl groups is 1. The molecule has 0 spiro atoms. The highest BCUT2D eigenvalue weighted by Crippen LogP contribution is 2.33. The highest BCUT2D eigenvalue weighted by Gasteiger charge is 2.35. The average molecular weight is 415 g/mol. The number of nitrogens with one attached hydrogen (secondary N) is 1. The molecule has 1 aliphatic heterocycles. The van der Waals surface area contributed by atoms with Crippen LogP contribution in [0.1, 0.15) is 35.7 Å². The first-order valence-corrected chi connectivity index (χ1v) is 10.3. The van der Waals surface area contributed by atoms with E-state index < -0.39 is 5.60 Å². The maximum absolute atomic E-state index is 12.5. The third kappa shape index (κ3) is 5.44. The molecule has 0 saturated carbocycles.